The molecule has 0 saturated carbocycles. The molecule has 0 radical (unpaired) electrons. The molecule has 0 fully saturated rings. The summed E-state index contributed by atoms with van der Waals surface area (Å²) < 4.78 is 7.00. The minimum atomic E-state index is 0.480. The SMILES string of the molecule is CSc1ccccc1Oc1ccc(CNC(C)C)cc1Br. The van der Waals surface area contributed by atoms with Crippen LogP contribution in [0.3, 0.4) is 0 Å². The Hall–Kier alpha value is -0.970. The highest BCUT2D eigenvalue weighted by Gasteiger charge is 2.07. The highest BCUT2D eigenvalue weighted by atomic mass is 79.9. The summed E-state index contributed by atoms with van der Waals surface area (Å²) in [4.78, 5) is 1.13. The second-order valence-corrected chi connectivity index (χ2v) is 6.76. The third-order valence-electron chi connectivity index (χ3n) is 3.00. The van der Waals surface area contributed by atoms with Gasteiger partial charge in [0, 0.05) is 17.5 Å². The average molecular weight is 366 g/mol. The summed E-state index contributed by atoms with van der Waals surface area (Å²) in [7, 11) is 0. The predicted octanol–water partition coefficient (Wildman–Crippen LogP) is 5.46. The van der Waals surface area contributed by atoms with Crippen molar-refractivity contribution in [3.63, 3.8) is 0 Å². The molecule has 0 unspecified atom stereocenters. The number of rotatable bonds is 6. The van der Waals surface area contributed by atoms with E-state index in [1.54, 1.807) is 11.8 Å². The van der Waals surface area contributed by atoms with Gasteiger partial charge in [-0.25, -0.2) is 0 Å². The van der Waals surface area contributed by atoms with Crippen molar-refractivity contribution >= 4 is 27.7 Å². The van der Waals surface area contributed by atoms with Gasteiger partial charge in [0.1, 0.15) is 11.5 Å². The van der Waals surface area contributed by atoms with Gasteiger partial charge in [0.25, 0.3) is 0 Å². The molecule has 2 nitrogen and oxygen atoms in total. The maximum Gasteiger partial charge on any atom is 0.141 e. The Bertz CT molecular complexity index is 601. The summed E-state index contributed by atoms with van der Waals surface area (Å²) in [6.45, 7) is 5.15. The molecule has 2 aromatic rings. The number of ether oxygens (including phenoxy) is 1. The molecular weight excluding hydrogens is 346 g/mol. The number of thioether (sulfide) groups is 1. The summed E-state index contributed by atoms with van der Waals surface area (Å²) in [5.74, 6) is 1.73. The van der Waals surface area contributed by atoms with Gasteiger partial charge in [0.2, 0.25) is 0 Å². The summed E-state index contributed by atoms with van der Waals surface area (Å²) in [5, 5.41) is 3.41. The fourth-order valence-electron chi connectivity index (χ4n) is 1.88. The molecule has 0 atom stereocenters. The van der Waals surface area contributed by atoms with Crippen LogP contribution in [0.5, 0.6) is 11.5 Å². The molecule has 2 rings (SSSR count). The Kier molecular flexibility index (Phi) is 6.15. The van der Waals surface area contributed by atoms with Gasteiger partial charge in [0.15, 0.2) is 0 Å². The largest absolute Gasteiger partial charge is 0.455 e. The van der Waals surface area contributed by atoms with E-state index in [2.05, 4.69) is 59.5 Å². The van der Waals surface area contributed by atoms with Gasteiger partial charge in [-0.3, -0.25) is 0 Å². The van der Waals surface area contributed by atoms with Gasteiger partial charge < -0.3 is 10.1 Å². The second-order valence-electron chi connectivity index (χ2n) is 5.05. The zero-order valence-electron chi connectivity index (χ0n) is 12.5. The lowest BCUT2D eigenvalue weighted by Gasteiger charge is -2.13. The summed E-state index contributed by atoms with van der Waals surface area (Å²) in [5.41, 5.74) is 1.24. The van der Waals surface area contributed by atoms with E-state index in [1.807, 2.05) is 24.3 Å². The van der Waals surface area contributed by atoms with Crippen LogP contribution in [0.25, 0.3) is 0 Å². The fraction of sp³-hybridized carbons (Fsp3) is 0.294. The van der Waals surface area contributed by atoms with Crippen LogP contribution in [-0.4, -0.2) is 12.3 Å². The minimum absolute atomic E-state index is 0.480. The van der Waals surface area contributed by atoms with E-state index in [4.69, 9.17) is 4.74 Å². The van der Waals surface area contributed by atoms with Crippen LogP contribution in [0, 0.1) is 0 Å². The van der Waals surface area contributed by atoms with E-state index in [9.17, 15) is 0 Å². The van der Waals surface area contributed by atoms with E-state index in [0.717, 1.165) is 27.4 Å². The summed E-state index contributed by atoms with van der Waals surface area (Å²) in [6, 6.07) is 14.8. The fourth-order valence-corrected chi connectivity index (χ4v) is 2.91. The predicted molar refractivity (Wildman–Crippen MR) is 94.4 cm³/mol. The molecule has 4 heteroatoms. The standard InChI is InChI=1S/C17H20BrNOS/c1-12(2)19-11-13-8-9-15(14(18)10-13)20-16-6-4-5-7-17(16)21-3/h4-10,12,19H,11H2,1-3H3. The lowest BCUT2D eigenvalue weighted by Crippen LogP contribution is -2.21. The first-order valence-corrected chi connectivity index (χ1v) is 8.94. The Morgan fingerprint density at radius 2 is 1.90 bits per heavy atom. The Labute approximate surface area is 139 Å². The Morgan fingerprint density at radius 1 is 1.14 bits per heavy atom. The van der Waals surface area contributed by atoms with Crippen molar-refractivity contribution in [3.05, 3.63) is 52.5 Å². The molecule has 2 aromatic carbocycles. The topological polar surface area (TPSA) is 21.3 Å². The van der Waals surface area contributed by atoms with E-state index < -0.39 is 0 Å². The van der Waals surface area contributed by atoms with Crippen molar-refractivity contribution < 1.29 is 4.74 Å². The number of hydrogen-bond donors (Lipinski definition) is 1. The second kappa shape index (κ2) is 7.87. The van der Waals surface area contributed by atoms with Crippen LogP contribution in [-0.2, 0) is 6.54 Å². The molecule has 0 saturated heterocycles. The van der Waals surface area contributed by atoms with E-state index in [-0.39, 0.29) is 0 Å². The molecule has 21 heavy (non-hydrogen) atoms. The van der Waals surface area contributed by atoms with Crippen molar-refractivity contribution in [1.82, 2.24) is 5.32 Å². The van der Waals surface area contributed by atoms with E-state index >= 15 is 0 Å². The first-order valence-electron chi connectivity index (χ1n) is 6.93. The van der Waals surface area contributed by atoms with Crippen LogP contribution in [0.15, 0.2) is 51.8 Å². The highest BCUT2D eigenvalue weighted by molar-refractivity contribution is 9.10. The van der Waals surface area contributed by atoms with Gasteiger partial charge in [-0.2, -0.15) is 0 Å². The van der Waals surface area contributed by atoms with Gasteiger partial charge >= 0.3 is 0 Å². The molecule has 0 aliphatic rings. The number of benzene rings is 2. The Balaban J connectivity index is 2.14. The smallest absolute Gasteiger partial charge is 0.141 e. The molecule has 0 spiro atoms. The first kappa shape index (κ1) is 16.4. The van der Waals surface area contributed by atoms with Gasteiger partial charge in [-0.1, -0.05) is 32.0 Å². The Morgan fingerprint density at radius 3 is 2.57 bits per heavy atom. The number of halogens is 1. The van der Waals surface area contributed by atoms with Crippen molar-refractivity contribution in [1.29, 1.82) is 0 Å². The minimum Gasteiger partial charge on any atom is -0.455 e. The maximum atomic E-state index is 6.02. The van der Waals surface area contributed by atoms with Crippen LogP contribution >= 0.6 is 27.7 Å². The zero-order chi connectivity index (χ0) is 15.2. The van der Waals surface area contributed by atoms with E-state index in [1.165, 1.54) is 5.56 Å². The molecule has 112 valence electrons. The molecule has 0 bridgehead atoms. The van der Waals surface area contributed by atoms with Crippen molar-refractivity contribution in [2.24, 2.45) is 0 Å². The maximum absolute atomic E-state index is 6.02. The molecule has 1 N–H and O–H groups in total. The average Bonchev–Trinajstić information content (AvgIpc) is 2.48. The number of hydrogen-bond acceptors (Lipinski definition) is 3. The molecular formula is C17H20BrNOS. The molecule has 0 aliphatic heterocycles. The lowest BCUT2D eigenvalue weighted by molar-refractivity contribution is 0.468. The van der Waals surface area contributed by atoms with Crippen LogP contribution in [0.2, 0.25) is 0 Å². The third kappa shape index (κ3) is 4.77. The monoisotopic (exact) mass is 365 g/mol. The summed E-state index contributed by atoms with van der Waals surface area (Å²) >= 11 is 5.28. The zero-order valence-corrected chi connectivity index (χ0v) is 14.9. The van der Waals surface area contributed by atoms with Crippen LogP contribution in [0.4, 0.5) is 0 Å². The van der Waals surface area contributed by atoms with Crippen LogP contribution in [0.1, 0.15) is 19.4 Å². The number of nitrogens with one attached hydrogen (secondary N) is 1. The summed E-state index contributed by atoms with van der Waals surface area (Å²) in [6.07, 6.45) is 2.05. The highest BCUT2D eigenvalue weighted by Crippen LogP contribution is 2.35. The first-order chi connectivity index (χ1) is 10.1. The third-order valence-corrected chi connectivity index (χ3v) is 4.40. The van der Waals surface area contributed by atoms with Crippen molar-refractivity contribution in [2.75, 3.05) is 6.26 Å². The van der Waals surface area contributed by atoms with Gasteiger partial charge in [0.05, 0.1) is 4.47 Å². The lowest BCUT2D eigenvalue weighted by atomic mass is 10.2. The van der Waals surface area contributed by atoms with E-state index in [0.29, 0.717) is 6.04 Å². The molecule has 0 aliphatic carbocycles. The number of para-hydroxylation sites is 1. The molecule has 0 amide bonds. The van der Waals surface area contributed by atoms with Gasteiger partial charge in [-0.05, 0) is 52.0 Å². The van der Waals surface area contributed by atoms with Crippen molar-refractivity contribution in [2.45, 2.75) is 31.3 Å². The quantitative estimate of drug-likeness (QED) is 0.686. The normalized spacial score (nSPS) is 10.9. The molecule has 0 aromatic heterocycles. The molecule has 0 heterocycles. The van der Waals surface area contributed by atoms with Gasteiger partial charge in [-0.15, -0.1) is 11.8 Å². The van der Waals surface area contributed by atoms with Crippen molar-refractivity contribution in [3.8, 4) is 11.5 Å². The van der Waals surface area contributed by atoms with Crippen LogP contribution < -0.4 is 10.1 Å².